The molecule has 0 aliphatic carbocycles. The summed E-state index contributed by atoms with van der Waals surface area (Å²) < 4.78 is 5.46. The monoisotopic (exact) mass is 242 g/mol. The number of nitrogens with one attached hydrogen (secondary N) is 2. The smallest absolute Gasteiger partial charge is 0.236 e. The van der Waals surface area contributed by atoms with Crippen molar-refractivity contribution in [3.05, 3.63) is 0 Å². The molecule has 4 nitrogen and oxygen atoms in total. The van der Waals surface area contributed by atoms with Gasteiger partial charge in [-0.2, -0.15) is 0 Å². The van der Waals surface area contributed by atoms with Crippen LogP contribution in [0.1, 0.15) is 46.5 Å². The molecule has 100 valence electrons. The Kier molecular flexibility index (Phi) is 6.52. The largest absolute Gasteiger partial charge is 0.377 e. The van der Waals surface area contributed by atoms with Crippen LogP contribution in [0, 0.1) is 0 Å². The fourth-order valence-corrected chi connectivity index (χ4v) is 2.09. The summed E-state index contributed by atoms with van der Waals surface area (Å²) in [5, 5.41) is 6.30. The van der Waals surface area contributed by atoms with Gasteiger partial charge in [0.05, 0.1) is 12.1 Å². The van der Waals surface area contributed by atoms with Crippen molar-refractivity contribution in [3.8, 4) is 0 Å². The van der Waals surface area contributed by atoms with Gasteiger partial charge < -0.3 is 15.4 Å². The first-order valence-electron chi connectivity index (χ1n) is 6.80. The Morgan fingerprint density at radius 1 is 1.47 bits per heavy atom. The van der Waals surface area contributed by atoms with Crippen molar-refractivity contribution in [3.63, 3.8) is 0 Å². The van der Waals surface area contributed by atoms with E-state index >= 15 is 0 Å². The summed E-state index contributed by atoms with van der Waals surface area (Å²) in [5.41, 5.74) is 0. The highest BCUT2D eigenvalue weighted by atomic mass is 16.5. The summed E-state index contributed by atoms with van der Waals surface area (Å²) in [5.74, 6) is 0.0974. The van der Waals surface area contributed by atoms with E-state index in [-0.39, 0.29) is 18.1 Å². The molecule has 3 atom stereocenters. The fourth-order valence-electron chi connectivity index (χ4n) is 2.09. The van der Waals surface area contributed by atoms with E-state index in [4.69, 9.17) is 4.74 Å². The van der Waals surface area contributed by atoms with Gasteiger partial charge in [0.2, 0.25) is 5.91 Å². The van der Waals surface area contributed by atoms with E-state index < -0.39 is 0 Å². The molecule has 1 saturated heterocycles. The SMILES string of the molecule is CCCCCNC(=O)C(C)NC1CCOC1C. The molecule has 2 N–H and O–H groups in total. The predicted octanol–water partition coefficient (Wildman–Crippen LogP) is 1.45. The lowest BCUT2D eigenvalue weighted by molar-refractivity contribution is -0.123. The number of rotatable bonds is 7. The molecule has 0 saturated carbocycles. The molecule has 0 aromatic carbocycles. The second kappa shape index (κ2) is 7.67. The molecule has 0 radical (unpaired) electrons. The van der Waals surface area contributed by atoms with Crippen molar-refractivity contribution in [2.45, 2.75) is 64.6 Å². The maximum atomic E-state index is 11.8. The predicted molar refractivity (Wildman–Crippen MR) is 69.0 cm³/mol. The average molecular weight is 242 g/mol. The molecule has 0 bridgehead atoms. The van der Waals surface area contributed by atoms with E-state index in [0.717, 1.165) is 26.0 Å². The number of ether oxygens (including phenoxy) is 1. The summed E-state index contributed by atoms with van der Waals surface area (Å²) >= 11 is 0. The second-order valence-electron chi connectivity index (χ2n) is 4.86. The van der Waals surface area contributed by atoms with Crippen molar-refractivity contribution >= 4 is 5.91 Å². The highest BCUT2D eigenvalue weighted by Gasteiger charge is 2.26. The van der Waals surface area contributed by atoms with Crippen molar-refractivity contribution in [1.29, 1.82) is 0 Å². The third kappa shape index (κ3) is 5.04. The minimum absolute atomic E-state index is 0.0974. The molecule has 1 amide bonds. The summed E-state index contributed by atoms with van der Waals surface area (Å²) in [7, 11) is 0. The van der Waals surface area contributed by atoms with Crippen molar-refractivity contribution in [2.24, 2.45) is 0 Å². The lowest BCUT2D eigenvalue weighted by Gasteiger charge is -2.21. The summed E-state index contributed by atoms with van der Waals surface area (Å²) in [6.45, 7) is 7.71. The van der Waals surface area contributed by atoms with Crippen LogP contribution in [0.3, 0.4) is 0 Å². The minimum atomic E-state index is -0.134. The van der Waals surface area contributed by atoms with Gasteiger partial charge in [-0.1, -0.05) is 19.8 Å². The molecule has 3 unspecified atom stereocenters. The minimum Gasteiger partial charge on any atom is -0.377 e. The van der Waals surface area contributed by atoms with Crippen LogP contribution in [-0.2, 0) is 9.53 Å². The maximum absolute atomic E-state index is 11.8. The normalized spacial score (nSPS) is 25.8. The van der Waals surface area contributed by atoms with Crippen LogP contribution in [0.4, 0.5) is 0 Å². The molecule has 1 heterocycles. The van der Waals surface area contributed by atoms with Gasteiger partial charge in [0, 0.05) is 19.2 Å². The second-order valence-corrected chi connectivity index (χ2v) is 4.86. The van der Waals surface area contributed by atoms with E-state index in [2.05, 4.69) is 24.5 Å². The molecule has 0 spiro atoms. The fraction of sp³-hybridized carbons (Fsp3) is 0.923. The highest BCUT2D eigenvalue weighted by molar-refractivity contribution is 5.81. The average Bonchev–Trinajstić information content (AvgIpc) is 2.70. The van der Waals surface area contributed by atoms with Gasteiger partial charge in [0.1, 0.15) is 0 Å². The van der Waals surface area contributed by atoms with E-state index in [0.29, 0.717) is 6.04 Å². The van der Waals surface area contributed by atoms with Gasteiger partial charge in [-0.25, -0.2) is 0 Å². The van der Waals surface area contributed by atoms with Gasteiger partial charge in [-0.15, -0.1) is 0 Å². The number of carbonyl (C=O) groups excluding carboxylic acids is 1. The Balaban J connectivity index is 2.17. The standard InChI is InChI=1S/C13H26N2O2/c1-4-5-6-8-14-13(16)10(2)15-12-7-9-17-11(12)3/h10-12,15H,4-9H2,1-3H3,(H,14,16). The number of hydrogen-bond acceptors (Lipinski definition) is 3. The first kappa shape index (κ1) is 14.5. The molecule has 1 aliphatic rings. The Hall–Kier alpha value is -0.610. The molecule has 4 heteroatoms. The van der Waals surface area contributed by atoms with Gasteiger partial charge in [-0.05, 0) is 26.7 Å². The summed E-state index contributed by atoms with van der Waals surface area (Å²) in [4.78, 5) is 11.8. The molecule has 0 aromatic heterocycles. The highest BCUT2D eigenvalue weighted by Crippen LogP contribution is 2.13. The Morgan fingerprint density at radius 3 is 2.82 bits per heavy atom. The molecular formula is C13H26N2O2. The van der Waals surface area contributed by atoms with Crippen LogP contribution in [0.15, 0.2) is 0 Å². The van der Waals surface area contributed by atoms with Crippen LogP contribution in [0.2, 0.25) is 0 Å². The number of hydrogen-bond donors (Lipinski definition) is 2. The third-order valence-electron chi connectivity index (χ3n) is 3.31. The lowest BCUT2D eigenvalue weighted by atomic mass is 10.1. The number of amides is 1. The van der Waals surface area contributed by atoms with Crippen LogP contribution in [0.25, 0.3) is 0 Å². The van der Waals surface area contributed by atoms with E-state index in [1.807, 2.05) is 6.92 Å². The van der Waals surface area contributed by atoms with Gasteiger partial charge in [-0.3, -0.25) is 4.79 Å². The van der Waals surface area contributed by atoms with Gasteiger partial charge >= 0.3 is 0 Å². The Bertz CT molecular complexity index is 233. The first-order chi connectivity index (χ1) is 8.15. The number of carbonyl (C=O) groups is 1. The molecule has 0 aromatic rings. The topological polar surface area (TPSA) is 50.4 Å². The number of unbranched alkanes of at least 4 members (excludes halogenated alkanes) is 2. The van der Waals surface area contributed by atoms with Crippen LogP contribution < -0.4 is 10.6 Å². The Morgan fingerprint density at radius 2 is 2.24 bits per heavy atom. The third-order valence-corrected chi connectivity index (χ3v) is 3.31. The molecule has 1 fully saturated rings. The summed E-state index contributed by atoms with van der Waals surface area (Å²) in [6, 6.07) is 0.178. The van der Waals surface area contributed by atoms with Crippen molar-refractivity contribution in [2.75, 3.05) is 13.2 Å². The maximum Gasteiger partial charge on any atom is 0.236 e. The van der Waals surface area contributed by atoms with Gasteiger partial charge in [0.15, 0.2) is 0 Å². The van der Waals surface area contributed by atoms with E-state index in [1.165, 1.54) is 12.8 Å². The van der Waals surface area contributed by atoms with E-state index in [1.54, 1.807) is 0 Å². The van der Waals surface area contributed by atoms with Gasteiger partial charge in [0.25, 0.3) is 0 Å². The zero-order valence-electron chi connectivity index (χ0n) is 11.3. The van der Waals surface area contributed by atoms with Crippen molar-refractivity contribution < 1.29 is 9.53 Å². The quantitative estimate of drug-likeness (QED) is 0.664. The van der Waals surface area contributed by atoms with Crippen molar-refractivity contribution in [1.82, 2.24) is 10.6 Å². The van der Waals surface area contributed by atoms with Crippen LogP contribution >= 0.6 is 0 Å². The summed E-state index contributed by atoms with van der Waals surface area (Å²) in [6.07, 6.45) is 4.63. The first-order valence-corrected chi connectivity index (χ1v) is 6.80. The van der Waals surface area contributed by atoms with Crippen LogP contribution in [0.5, 0.6) is 0 Å². The molecule has 17 heavy (non-hydrogen) atoms. The molecule has 1 aliphatic heterocycles. The Labute approximate surface area is 104 Å². The van der Waals surface area contributed by atoms with E-state index in [9.17, 15) is 4.79 Å². The van der Waals surface area contributed by atoms with Crippen LogP contribution in [-0.4, -0.2) is 37.2 Å². The molecular weight excluding hydrogens is 216 g/mol. The lowest BCUT2D eigenvalue weighted by Crippen LogP contribution is -2.48. The molecule has 1 rings (SSSR count). The zero-order chi connectivity index (χ0) is 12.7. The zero-order valence-corrected chi connectivity index (χ0v) is 11.3.